The molecule has 0 spiro atoms. The van der Waals surface area contributed by atoms with Crippen LogP contribution in [0.4, 0.5) is 0 Å². The topological polar surface area (TPSA) is 62.2 Å². The van der Waals surface area contributed by atoms with Crippen LogP contribution in [-0.4, -0.2) is 16.0 Å². The Kier molecular flexibility index (Phi) is 5.64. The monoisotopic (exact) mass is 346 g/mol. The third-order valence-electron chi connectivity index (χ3n) is 4.33. The fourth-order valence-corrected chi connectivity index (χ4v) is 2.83. The van der Waals surface area contributed by atoms with Gasteiger partial charge in [-0.3, -0.25) is 9.78 Å². The number of carbonyl (C=O) groups excluding carboxylic acids is 1. The first kappa shape index (κ1) is 17.7. The largest absolute Gasteiger partial charge is 0.508 e. The molecule has 4 heteroatoms. The van der Waals surface area contributed by atoms with E-state index in [1.165, 1.54) is 5.56 Å². The van der Waals surface area contributed by atoms with Crippen molar-refractivity contribution in [2.45, 2.75) is 25.8 Å². The predicted octanol–water partition coefficient (Wildman–Crippen LogP) is 3.93. The summed E-state index contributed by atoms with van der Waals surface area (Å²) in [6.07, 6.45) is 4.49. The lowest BCUT2D eigenvalue weighted by atomic mass is 9.98. The molecule has 1 aromatic heterocycles. The molecule has 0 fully saturated rings. The number of hydrogen-bond acceptors (Lipinski definition) is 3. The minimum atomic E-state index is -0.203. The summed E-state index contributed by atoms with van der Waals surface area (Å²) < 4.78 is 0. The summed E-state index contributed by atoms with van der Waals surface area (Å²) in [7, 11) is 0. The van der Waals surface area contributed by atoms with E-state index in [4.69, 9.17) is 0 Å². The van der Waals surface area contributed by atoms with Gasteiger partial charge in [0.05, 0.1) is 6.04 Å². The van der Waals surface area contributed by atoms with Crippen molar-refractivity contribution in [2.24, 2.45) is 0 Å². The van der Waals surface area contributed by atoms with Gasteiger partial charge >= 0.3 is 0 Å². The Bertz CT molecular complexity index is 844. The number of hydrogen-bond donors (Lipinski definition) is 2. The van der Waals surface area contributed by atoms with Crippen LogP contribution in [0, 0.1) is 6.92 Å². The summed E-state index contributed by atoms with van der Waals surface area (Å²) in [4.78, 5) is 16.6. The third-order valence-corrected chi connectivity index (χ3v) is 4.33. The molecule has 1 atom stereocenters. The molecule has 3 aromatic rings. The molecular weight excluding hydrogens is 324 g/mol. The SMILES string of the molecule is Cc1ccc([C@H](NC(=O)CCc2ccc(O)cc2)c2ccncc2)cc1. The number of aryl methyl sites for hydroxylation is 2. The van der Waals surface area contributed by atoms with Crippen LogP contribution in [0.1, 0.15) is 34.7 Å². The Morgan fingerprint density at radius 3 is 2.23 bits per heavy atom. The van der Waals surface area contributed by atoms with E-state index in [1.807, 2.05) is 55.5 Å². The number of rotatable bonds is 6. The lowest BCUT2D eigenvalue weighted by molar-refractivity contribution is -0.121. The van der Waals surface area contributed by atoms with E-state index in [9.17, 15) is 9.90 Å². The van der Waals surface area contributed by atoms with Crippen LogP contribution in [0.3, 0.4) is 0 Å². The Hall–Kier alpha value is -3.14. The fourth-order valence-electron chi connectivity index (χ4n) is 2.83. The minimum Gasteiger partial charge on any atom is -0.508 e. The number of aromatic nitrogens is 1. The van der Waals surface area contributed by atoms with Crippen molar-refractivity contribution in [2.75, 3.05) is 0 Å². The van der Waals surface area contributed by atoms with Gasteiger partial charge in [-0.2, -0.15) is 0 Å². The van der Waals surface area contributed by atoms with Crippen molar-refractivity contribution in [3.05, 3.63) is 95.3 Å². The second-order valence-electron chi connectivity index (χ2n) is 6.36. The number of phenolic OH excluding ortho intramolecular Hbond substituents is 1. The molecule has 3 rings (SSSR count). The zero-order valence-corrected chi connectivity index (χ0v) is 14.7. The predicted molar refractivity (Wildman–Crippen MR) is 102 cm³/mol. The Morgan fingerprint density at radius 2 is 1.58 bits per heavy atom. The maximum atomic E-state index is 12.5. The lowest BCUT2D eigenvalue weighted by Crippen LogP contribution is -2.29. The molecule has 1 amide bonds. The number of phenols is 1. The molecule has 0 unspecified atom stereocenters. The number of amides is 1. The van der Waals surface area contributed by atoms with Crippen LogP contribution in [-0.2, 0) is 11.2 Å². The molecule has 132 valence electrons. The van der Waals surface area contributed by atoms with E-state index in [2.05, 4.69) is 10.3 Å². The highest BCUT2D eigenvalue weighted by Crippen LogP contribution is 2.22. The van der Waals surface area contributed by atoms with Gasteiger partial charge in [0.15, 0.2) is 0 Å². The number of nitrogens with one attached hydrogen (secondary N) is 1. The van der Waals surface area contributed by atoms with E-state index in [-0.39, 0.29) is 17.7 Å². The highest BCUT2D eigenvalue weighted by Gasteiger charge is 2.16. The van der Waals surface area contributed by atoms with Crippen molar-refractivity contribution in [3.63, 3.8) is 0 Å². The Balaban J connectivity index is 1.71. The molecule has 0 saturated carbocycles. The number of aromatic hydroxyl groups is 1. The molecule has 0 saturated heterocycles. The fraction of sp³-hybridized carbons (Fsp3) is 0.182. The van der Waals surface area contributed by atoms with Gasteiger partial charge in [0.25, 0.3) is 0 Å². The molecule has 0 aliphatic rings. The average Bonchev–Trinajstić information content (AvgIpc) is 2.67. The normalized spacial score (nSPS) is 11.7. The summed E-state index contributed by atoms with van der Waals surface area (Å²) in [5.41, 5.74) is 4.25. The molecule has 0 radical (unpaired) electrons. The zero-order valence-electron chi connectivity index (χ0n) is 14.7. The van der Waals surface area contributed by atoms with E-state index in [0.717, 1.165) is 16.7 Å². The molecule has 2 N–H and O–H groups in total. The maximum Gasteiger partial charge on any atom is 0.221 e. The molecule has 4 nitrogen and oxygen atoms in total. The molecule has 2 aromatic carbocycles. The summed E-state index contributed by atoms with van der Waals surface area (Å²) in [5, 5.41) is 12.5. The van der Waals surface area contributed by atoms with E-state index in [0.29, 0.717) is 12.8 Å². The minimum absolute atomic E-state index is 0.0135. The average molecular weight is 346 g/mol. The molecule has 0 aliphatic carbocycles. The van der Waals surface area contributed by atoms with E-state index >= 15 is 0 Å². The van der Waals surface area contributed by atoms with Crippen LogP contribution in [0.15, 0.2) is 73.1 Å². The number of nitrogens with zero attached hydrogens (tertiary/aromatic N) is 1. The van der Waals surface area contributed by atoms with Gasteiger partial charge in [-0.1, -0.05) is 42.0 Å². The summed E-state index contributed by atoms with van der Waals surface area (Å²) >= 11 is 0. The number of benzene rings is 2. The van der Waals surface area contributed by atoms with Crippen LogP contribution in [0.25, 0.3) is 0 Å². The van der Waals surface area contributed by atoms with Gasteiger partial charge in [0, 0.05) is 18.8 Å². The van der Waals surface area contributed by atoms with Crippen LogP contribution >= 0.6 is 0 Å². The van der Waals surface area contributed by atoms with Crippen molar-refractivity contribution in [3.8, 4) is 5.75 Å². The standard InChI is InChI=1S/C22H22N2O2/c1-16-2-7-18(8-3-16)22(19-12-14-23-15-13-19)24-21(26)11-6-17-4-9-20(25)10-5-17/h2-5,7-10,12-15,22,25H,6,11H2,1H3,(H,24,26)/t22-/m0/s1. The molecule has 26 heavy (non-hydrogen) atoms. The molecule has 0 bridgehead atoms. The van der Waals surface area contributed by atoms with Gasteiger partial charge in [0.2, 0.25) is 5.91 Å². The van der Waals surface area contributed by atoms with Gasteiger partial charge in [-0.15, -0.1) is 0 Å². The van der Waals surface area contributed by atoms with Crippen LogP contribution in [0.2, 0.25) is 0 Å². The third kappa shape index (κ3) is 4.70. The molecule has 0 aliphatic heterocycles. The zero-order chi connectivity index (χ0) is 18.4. The second kappa shape index (κ2) is 8.30. The van der Waals surface area contributed by atoms with Crippen molar-refractivity contribution in [1.29, 1.82) is 0 Å². The number of pyridine rings is 1. The Morgan fingerprint density at radius 1 is 0.962 bits per heavy atom. The number of carbonyl (C=O) groups is 1. The van der Waals surface area contributed by atoms with Crippen molar-refractivity contribution >= 4 is 5.91 Å². The first-order valence-corrected chi connectivity index (χ1v) is 8.65. The van der Waals surface area contributed by atoms with Crippen molar-refractivity contribution < 1.29 is 9.90 Å². The Labute approximate surface area is 153 Å². The lowest BCUT2D eigenvalue weighted by Gasteiger charge is -2.20. The van der Waals surface area contributed by atoms with Gasteiger partial charge < -0.3 is 10.4 Å². The summed E-state index contributed by atoms with van der Waals surface area (Å²) in [5.74, 6) is 0.218. The first-order valence-electron chi connectivity index (χ1n) is 8.65. The van der Waals surface area contributed by atoms with E-state index < -0.39 is 0 Å². The summed E-state index contributed by atoms with van der Waals surface area (Å²) in [6, 6.07) is 18.8. The second-order valence-corrected chi connectivity index (χ2v) is 6.36. The van der Waals surface area contributed by atoms with Gasteiger partial charge in [-0.05, 0) is 54.3 Å². The highest BCUT2D eigenvalue weighted by atomic mass is 16.3. The van der Waals surface area contributed by atoms with Gasteiger partial charge in [-0.25, -0.2) is 0 Å². The van der Waals surface area contributed by atoms with Gasteiger partial charge in [0.1, 0.15) is 5.75 Å². The summed E-state index contributed by atoms with van der Waals surface area (Å²) in [6.45, 7) is 2.04. The molecule has 1 heterocycles. The maximum absolute atomic E-state index is 12.5. The van der Waals surface area contributed by atoms with Crippen molar-refractivity contribution in [1.82, 2.24) is 10.3 Å². The first-order chi connectivity index (χ1) is 12.6. The van der Waals surface area contributed by atoms with E-state index in [1.54, 1.807) is 24.5 Å². The smallest absolute Gasteiger partial charge is 0.221 e. The highest BCUT2D eigenvalue weighted by molar-refractivity contribution is 5.77. The quantitative estimate of drug-likeness (QED) is 0.711. The van der Waals surface area contributed by atoms with Crippen LogP contribution in [0.5, 0.6) is 5.75 Å². The van der Waals surface area contributed by atoms with Crippen LogP contribution < -0.4 is 5.32 Å². The molecular formula is C22H22N2O2.